The lowest BCUT2D eigenvalue weighted by molar-refractivity contribution is -0.115. The van der Waals surface area contributed by atoms with E-state index >= 15 is 0 Å². The summed E-state index contributed by atoms with van der Waals surface area (Å²) in [6, 6.07) is 9.37. The molecule has 1 amide bonds. The molecule has 4 N–H and O–H groups in total. The van der Waals surface area contributed by atoms with Crippen molar-refractivity contribution in [2.75, 3.05) is 10.6 Å². The van der Waals surface area contributed by atoms with Crippen LogP contribution in [0.5, 0.6) is 0 Å². The van der Waals surface area contributed by atoms with Crippen molar-refractivity contribution in [3.8, 4) is 0 Å². The molecule has 0 saturated heterocycles. The normalized spacial score (nSPS) is 18.0. The minimum Gasteiger partial charge on any atom is -0.326 e. The number of anilines is 2. The van der Waals surface area contributed by atoms with Gasteiger partial charge in [-0.25, -0.2) is 4.98 Å². The van der Waals surface area contributed by atoms with Crippen LogP contribution in [0.2, 0.25) is 0 Å². The highest BCUT2D eigenvalue weighted by atomic mass is 32.1. The van der Waals surface area contributed by atoms with E-state index in [1.54, 1.807) is 30.8 Å². The Hall–Kier alpha value is -3.39. The van der Waals surface area contributed by atoms with E-state index in [-0.39, 0.29) is 12.3 Å². The second kappa shape index (κ2) is 8.63. The van der Waals surface area contributed by atoms with Gasteiger partial charge in [0.2, 0.25) is 5.91 Å². The molecular weight excluding hydrogens is 348 g/mol. The Morgan fingerprint density at radius 3 is 2.96 bits per heavy atom. The number of hydrogen-bond donors (Lipinski definition) is 4. The van der Waals surface area contributed by atoms with Gasteiger partial charge in [-0.1, -0.05) is 24.8 Å². The number of allylic oxidation sites excluding steroid dienone is 2. The van der Waals surface area contributed by atoms with Crippen LogP contribution in [0.1, 0.15) is 4.88 Å². The minimum absolute atomic E-state index is 0.0800. The van der Waals surface area contributed by atoms with Crippen LogP contribution in [-0.4, -0.2) is 17.1 Å². The van der Waals surface area contributed by atoms with E-state index in [0.29, 0.717) is 16.6 Å². The number of aromatic nitrogens is 1. The van der Waals surface area contributed by atoms with Crippen molar-refractivity contribution >= 4 is 34.3 Å². The van der Waals surface area contributed by atoms with E-state index in [9.17, 15) is 4.79 Å². The Morgan fingerprint density at radius 2 is 2.12 bits per heavy atom. The summed E-state index contributed by atoms with van der Waals surface area (Å²) in [6.45, 7) is 3.78. The van der Waals surface area contributed by atoms with Crippen LogP contribution in [0.3, 0.4) is 0 Å². The molecule has 0 radical (unpaired) electrons. The molecule has 7 nitrogen and oxygen atoms in total. The van der Waals surface area contributed by atoms with Gasteiger partial charge in [0, 0.05) is 29.2 Å². The maximum atomic E-state index is 12.1. The zero-order chi connectivity index (χ0) is 18.2. The first-order valence-corrected chi connectivity index (χ1v) is 8.69. The van der Waals surface area contributed by atoms with E-state index in [1.165, 1.54) is 11.3 Å². The molecule has 0 fully saturated rings. The number of hydrazine groups is 1. The van der Waals surface area contributed by atoms with Crippen LogP contribution < -0.4 is 21.5 Å². The first kappa shape index (κ1) is 17.4. The van der Waals surface area contributed by atoms with Crippen LogP contribution >= 0.6 is 11.3 Å². The summed E-state index contributed by atoms with van der Waals surface area (Å²) in [6.07, 6.45) is 8.79. The van der Waals surface area contributed by atoms with Crippen LogP contribution in [0, 0.1) is 0 Å². The monoisotopic (exact) mass is 366 g/mol. The van der Waals surface area contributed by atoms with Gasteiger partial charge in [-0.15, -0.1) is 11.3 Å². The SMILES string of the molecule is C=C1/C=C\NN/C(Nc2ncc(CC(=O)Nc3ccccc3)s2)=C\C=N/1. The van der Waals surface area contributed by atoms with Gasteiger partial charge in [-0.05, 0) is 24.3 Å². The fraction of sp³-hybridized carbons (Fsp3) is 0.0556. The number of hydrogen-bond acceptors (Lipinski definition) is 7. The molecule has 1 aromatic heterocycles. The van der Waals surface area contributed by atoms with Gasteiger partial charge in [0.05, 0.1) is 12.1 Å². The molecule has 0 aliphatic carbocycles. The molecule has 0 saturated carbocycles. The van der Waals surface area contributed by atoms with Gasteiger partial charge in [0.15, 0.2) is 5.13 Å². The number of aliphatic imine (C=N–C) groups is 1. The fourth-order valence-electron chi connectivity index (χ4n) is 2.07. The van der Waals surface area contributed by atoms with Gasteiger partial charge in [0.1, 0.15) is 5.82 Å². The smallest absolute Gasteiger partial charge is 0.229 e. The molecule has 1 aromatic carbocycles. The third-order valence-electron chi connectivity index (χ3n) is 3.23. The predicted octanol–water partition coefficient (Wildman–Crippen LogP) is 2.78. The maximum Gasteiger partial charge on any atom is 0.229 e. The Balaban J connectivity index is 1.58. The minimum atomic E-state index is -0.0800. The molecule has 0 atom stereocenters. The molecule has 1 aliphatic heterocycles. The van der Waals surface area contributed by atoms with Gasteiger partial charge < -0.3 is 16.1 Å². The summed E-state index contributed by atoms with van der Waals surface area (Å²) in [7, 11) is 0. The maximum absolute atomic E-state index is 12.1. The van der Waals surface area contributed by atoms with Gasteiger partial charge in [0.25, 0.3) is 0 Å². The second-order valence-corrected chi connectivity index (χ2v) is 6.42. The van der Waals surface area contributed by atoms with Crippen molar-refractivity contribution in [3.05, 3.63) is 77.9 Å². The number of nitrogens with one attached hydrogen (secondary N) is 4. The van der Waals surface area contributed by atoms with E-state index < -0.39 is 0 Å². The topological polar surface area (TPSA) is 90.4 Å². The summed E-state index contributed by atoms with van der Waals surface area (Å²) in [4.78, 5) is 21.4. The summed E-state index contributed by atoms with van der Waals surface area (Å²) >= 11 is 1.41. The van der Waals surface area contributed by atoms with Crippen LogP contribution in [0.25, 0.3) is 0 Å². The number of thiazole rings is 1. The third-order valence-corrected chi connectivity index (χ3v) is 4.15. The Morgan fingerprint density at radius 1 is 1.27 bits per heavy atom. The van der Waals surface area contributed by atoms with Crippen molar-refractivity contribution in [3.63, 3.8) is 0 Å². The summed E-state index contributed by atoms with van der Waals surface area (Å²) in [5.41, 5.74) is 7.30. The number of benzene rings is 1. The van der Waals surface area contributed by atoms with Crippen LogP contribution in [0.4, 0.5) is 10.8 Å². The van der Waals surface area contributed by atoms with Crippen molar-refractivity contribution in [1.82, 2.24) is 15.8 Å². The summed E-state index contributed by atoms with van der Waals surface area (Å²) < 4.78 is 0. The van der Waals surface area contributed by atoms with Crippen LogP contribution in [-0.2, 0) is 11.2 Å². The highest BCUT2D eigenvalue weighted by Crippen LogP contribution is 2.20. The van der Waals surface area contributed by atoms with Crippen molar-refractivity contribution in [2.45, 2.75) is 6.42 Å². The molecule has 2 heterocycles. The highest BCUT2D eigenvalue weighted by molar-refractivity contribution is 7.15. The number of carbonyl (C=O) groups excluding carboxylic acids is 1. The van der Waals surface area contributed by atoms with E-state index in [0.717, 1.165) is 10.6 Å². The average Bonchev–Trinajstić information content (AvgIpc) is 3.08. The van der Waals surface area contributed by atoms with E-state index in [2.05, 4.69) is 38.0 Å². The molecule has 8 heteroatoms. The Labute approximate surface area is 155 Å². The molecule has 0 spiro atoms. The first-order valence-electron chi connectivity index (χ1n) is 7.87. The quantitative estimate of drug-likeness (QED) is 0.653. The number of nitrogens with zero attached hydrogens (tertiary/aromatic N) is 2. The molecule has 26 heavy (non-hydrogen) atoms. The highest BCUT2D eigenvalue weighted by Gasteiger charge is 2.09. The Bertz CT molecular complexity index is 869. The fourth-order valence-corrected chi connectivity index (χ4v) is 2.89. The first-order chi connectivity index (χ1) is 12.7. The van der Waals surface area contributed by atoms with Crippen LogP contribution in [0.15, 0.2) is 78.0 Å². The molecule has 132 valence electrons. The lowest BCUT2D eigenvalue weighted by Crippen LogP contribution is -2.29. The summed E-state index contributed by atoms with van der Waals surface area (Å²) in [5, 5.41) is 6.67. The van der Waals surface area contributed by atoms with Crippen molar-refractivity contribution in [2.24, 2.45) is 4.99 Å². The molecular formula is C18H18N6OS. The van der Waals surface area contributed by atoms with E-state index in [1.807, 2.05) is 30.3 Å². The third kappa shape index (κ3) is 5.32. The largest absolute Gasteiger partial charge is 0.326 e. The lowest BCUT2D eigenvalue weighted by atomic mass is 10.3. The molecule has 2 aromatic rings. The molecule has 3 rings (SSSR count). The van der Waals surface area contributed by atoms with Crippen molar-refractivity contribution in [1.29, 1.82) is 0 Å². The molecule has 0 bridgehead atoms. The number of carbonyl (C=O) groups is 1. The second-order valence-electron chi connectivity index (χ2n) is 5.30. The van der Waals surface area contributed by atoms with Crippen molar-refractivity contribution < 1.29 is 4.79 Å². The van der Waals surface area contributed by atoms with Gasteiger partial charge >= 0.3 is 0 Å². The number of amides is 1. The zero-order valence-corrected chi connectivity index (χ0v) is 14.7. The number of para-hydroxylation sites is 1. The standard InChI is InChI=1S/C18H18N6OS/c1-13-7-10-21-24-16(8-9-19-13)23-18-20-12-15(26-18)11-17(25)22-14-5-3-2-4-6-14/h2-10,12,21,24H,1,11H2,(H,20,23)(H,22,25)/b10-7-,16-8-,19-9-. The Kier molecular flexibility index (Phi) is 5.79. The van der Waals surface area contributed by atoms with Gasteiger partial charge in [-0.3, -0.25) is 15.2 Å². The predicted molar refractivity (Wildman–Crippen MR) is 106 cm³/mol. The molecule has 0 unspecified atom stereocenters. The lowest BCUT2D eigenvalue weighted by Gasteiger charge is -2.09. The number of rotatable bonds is 5. The summed E-state index contributed by atoms with van der Waals surface area (Å²) in [5.74, 6) is 0.589. The zero-order valence-electron chi connectivity index (χ0n) is 13.9. The molecule has 1 aliphatic rings. The average molecular weight is 366 g/mol. The van der Waals surface area contributed by atoms with E-state index in [4.69, 9.17) is 0 Å². The van der Waals surface area contributed by atoms with Gasteiger partial charge in [-0.2, -0.15) is 0 Å².